The third kappa shape index (κ3) is 4.50. The molecule has 3 N–H and O–H groups in total. The molecule has 0 fully saturated rings. The molecule has 0 spiro atoms. The third-order valence-corrected chi connectivity index (χ3v) is 2.12. The number of carbonyl (C=O) groups is 2. The Hall–Kier alpha value is -2.24. The lowest BCUT2D eigenvalue weighted by atomic mass is 10.1. The second-order valence-corrected chi connectivity index (χ2v) is 4.94. The van der Waals surface area contributed by atoms with Gasteiger partial charge in [-0.3, -0.25) is 10.1 Å². The van der Waals surface area contributed by atoms with Gasteiger partial charge in [0, 0.05) is 12.6 Å². The molecule has 0 saturated carbocycles. The highest BCUT2D eigenvalue weighted by Crippen LogP contribution is 2.24. The van der Waals surface area contributed by atoms with Crippen molar-refractivity contribution in [3.8, 4) is 5.75 Å². The number of benzene rings is 1. The summed E-state index contributed by atoms with van der Waals surface area (Å²) >= 11 is 0. The summed E-state index contributed by atoms with van der Waals surface area (Å²) < 4.78 is 5.06. The number of aromatic hydroxyl groups is 1. The number of rotatable bonds is 2. The maximum Gasteiger partial charge on any atom is 0.412 e. The van der Waals surface area contributed by atoms with Crippen molar-refractivity contribution in [3.63, 3.8) is 0 Å². The van der Waals surface area contributed by atoms with Gasteiger partial charge in [-0.05, 0) is 39.0 Å². The van der Waals surface area contributed by atoms with E-state index in [-0.39, 0.29) is 17.3 Å². The number of hydrogen-bond acceptors (Lipinski definition) is 4. The molecule has 6 nitrogen and oxygen atoms in total. The zero-order valence-corrected chi connectivity index (χ0v) is 11.4. The van der Waals surface area contributed by atoms with Crippen molar-refractivity contribution in [3.05, 3.63) is 23.8 Å². The summed E-state index contributed by atoms with van der Waals surface area (Å²) in [5, 5.41) is 14.6. The van der Waals surface area contributed by atoms with Crippen molar-refractivity contribution >= 4 is 17.7 Å². The van der Waals surface area contributed by atoms with Crippen LogP contribution in [0.2, 0.25) is 0 Å². The van der Waals surface area contributed by atoms with Crippen molar-refractivity contribution in [1.82, 2.24) is 5.32 Å². The van der Waals surface area contributed by atoms with Crippen LogP contribution in [0.25, 0.3) is 0 Å². The SMILES string of the molecule is CNC(=O)c1ccc(NC(=O)OC(C)(C)C)c(O)c1. The van der Waals surface area contributed by atoms with E-state index >= 15 is 0 Å². The van der Waals surface area contributed by atoms with E-state index < -0.39 is 11.7 Å². The zero-order chi connectivity index (χ0) is 14.6. The molecular formula is C13H18N2O4. The maximum atomic E-state index is 11.5. The number of nitrogens with one attached hydrogen (secondary N) is 2. The number of phenolic OH excluding ortho intramolecular Hbond substituents is 1. The van der Waals surface area contributed by atoms with E-state index in [0.717, 1.165) is 0 Å². The molecule has 1 aromatic carbocycles. The molecule has 0 aliphatic carbocycles. The van der Waals surface area contributed by atoms with Gasteiger partial charge in [0.1, 0.15) is 11.4 Å². The first-order valence-electron chi connectivity index (χ1n) is 5.78. The highest BCUT2D eigenvalue weighted by Gasteiger charge is 2.17. The molecule has 0 aliphatic heterocycles. The number of carbonyl (C=O) groups excluding carboxylic acids is 2. The Morgan fingerprint density at radius 1 is 1.26 bits per heavy atom. The van der Waals surface area contributed by atoms with Crippen LogP contribution in [0, 0.1) is 0 Å². The van der Waals surface area contributed by atoms with Crippen LogP contribution in [0.15, 0.2) is 18.2 Å². The van der Waals surface area contributed by atoms with Crippen molar-refractivity contribution in [2.75, 3.05) is 12.4 Å². The lowest BCUT2D eigenvalue weighted by molar-refractivity contribution is 0.0635. The molecule has 1 aromatic rings. The molecular weight excluding hydrogens is 248 g/mol. The molecule has 0 aromatic heterocycles. The number of phenols is 1. The van der Waals surface area contributed by atoms with E-state index in [2.05, 4.69) is 10.6 Å². The molecule has 2 amide bonds. The van der Waals surface area contributed by atoms with Crippen LogP contribution in [0.3, 0.4) is 0 Å². The van der Waals surface area contributed by atoms with Gasteiger partial charge in [0.2, 0.25) is 0 Å². The molecule has 0 atom stereocenters. The minimum absolute atomic E-state index is 0.182. The Morgan fingerprint density at radius 2 is 1.89 bits per heavy atom. The molecule has 0 heterocycles. The molecule has 0 radical (unpaired) electrons. The van der Waals surface area contributed by atoms with Crippen LogP contribution in [0.5, 0.6) is 5.75 Å². The van der Waals surface area contributed by atoms with Crippen LogP contribution < -0.4 is 10.6 Å². The van der Waals surface area contributed by atoms with Crippen molar-refractivity contribution in [2.45, 2.75) is 26.4 Å². The number of ether oxygens (including phenoxy) is 1. The zero-order valence-electron chi connectivity index (χ0n) is 11.4. The third-order valence-electron chi connectivity index (χ3n) is 2.12. The van der Waals surface area contributed by atoms with Crippen molar-refractivity contribution in [1.29, 1.82) is 0 Å². The monoisotopic (exact) mass is 266 g/mol. The normalized spacial score (nSPS) is 10.7. The molecule has 0 unspecified atom stereocenters. The van der Waals surface area contributed by atoms with Gasteiger partial charge in [-0.25, -0.2) is 4.79 Å². The first kappa shape index (κ1) is 14.8. The summed E-state index contributed by atoms with van der Waals surface area (Å²) in [5.74, 6) is -0.522. The predicted molar refractivity (Wildman–Crippen MR) is 71.4 cm³/mol. The Kier molecular flexibility index (Phi) is 4.37. The maximum absolute atomic E-state index is 11.5. The van der Waals surface area contributed by atoms with Crippen molar-refractivity contribution in [2.24, 2.45) is 0 Å². The lowest BCUT2D eigenvalue weighted by Crippen LogP contribution is -2.27. The van der Waals surface area contributed by atoms with Crippen molar-refractivity contribution < 1.29 is 19.4 Å². The number of hydrogen-bond donors (Lipinski definition) is 3. The fourth-order valence-corrected chi connectivity index (χ4v) is 1.34. The second-order valence-electron chi connectivity index (χ2n) is 4.94. The van der Waals surface area contributed by atoms with E-state index in [0.29, 0.717) is 5.56 Å². The quantitative estimate of drug-likeness (QED) is 0.715. The average molecular weight is 266 g/mol. The van der Waals surface area contributed by atoms with Gasteiger partial charge in [0.15, 0.2) is 0 Å². The minimum atomic E-state index is -0.671. The summed E-state index contributed by atoms with van der Waals surface area (Å²) in [6.07, 6.45) is -0.671. The van der Waals surface area contributed by atoms with Gasteiger partial charge in [0.25, 0.3) is 5.91 Å². The molecule has 0 aliphatic rings. The molecule has 0 saturated heterocycles. The fourth-order valence-electron chi connectivity index (χ4n) is 1.34. The van der Waals surface area contributed by atoms with Crippen LogP contribution >= 0.6 is 0 Å². The average Bonchev–Trinajstić information content (AvgIpc) is 2.28. The van der Waals surface area contributed by atoms with Gasteiger partial charge in [-0.1, -0.05) is 0 Å². The summed E-state index contributed by atoms with van der Waals surface area (Å²) in [6.45, 7) is 5.21. The Balaban J connectivity index is 2.81. The highest BCUT2D eigenvalue weighted by molar-refractivity contribution is 5.96. The molecule has 104 valence electrons. The van der Waals surface area contributed by atoms with Gasteiger partial charge >= 0.3 is 6.09 Å². The first-order chi connectivity index (χ1) is 8.73. The van der Waals surface area contributed by atoms with E-state index in [1.807, 2.05) is 0 Å². The summed E-state index contributed by atoms with van der Waals surface area (Å²) in [6, 6.07) is 4.20. The first-order valence-corrected chi connectivity index (χ1v) is 5.78. The molecule has 6 heteroatoms. The van der Waals surface area contributed by atoms with Gasteiger partial charge < -0.3 is 15.2 Å². The predicted octanol–water partition coefficient (Wildman–Crippen LogP) is 2.10. The molecule has 19 heavy (non-hydrogen) atoms. The Morgan fingerprint density at radius 3 is 2.37 bits per heavy atom. The van der Waals surface area contributed by atoms with Crippen LogP contribution in [-0.2, 0) is 4.74 Å². The number of amides is 2. The topological polar surface area (TPSA) is 87.7 Å². The van der Waals surface area contributed by atoms with Crippen LogP contribution in [0.4, 0.5) is 10.5 Å². The largest absolute Gasteiger partial charge is 0.506 e. The van der Waals surface area contributed by atoms with E-state index in [9.17, 15) is 14.7 Å². The van der Waals surface area contributed by atoms with Gasteiger partial charge in [-0.2, -0.15) is 0 Å². The minimum Gasteiger partial charge on any atom is -0.506 e. The lowest BCUT2D eigenvalue weighted by Gasteiger charge is -2.20. The molecule has 0 bridgehead atoms. The summed E-state index contributed by atoms with van der Waals surface area (Å²) in [7, 11) is 1.49. The highest BCUT2D eigenvalue weighted by atomic mass is 16.6. The van der Waals surface area contributed by atoms with Crippen LogP contribution in [-0.4, -0.2) is 29.8 Å². The standard InChI is InChI=1S/C13H18N2O4/c1-13(2,3)19-12(18)15-9-6-5-8(7-10(9)16)11(17)14-4/h5-7,16H,1-4H3,(H,14,17)(H,15,18). The van der Waals surface area contributed by atoms with Gasteiger partial charge in [0.05, 0.1) is 5.69 Å². The smallest absolute Gasteiger partial charge is 0.412 e. The van der Waals surface area contributed by atoms with Crippen LogP contribution in [0.1, 0.15) is 31.1 Å². The summed E-state index contributed by atoms with van der Waals surface area (Å²) in [5.41, 5.74) is -0.140. The Bertz CT molecular complexity index is 492. The van der Waals surface area contributed by atoms with E-state index in [4.69, 9.17) is 4.74 Å². The molecule has 1 rings (SSSR count). The summed E-state index contributed by atoms with van der Waals surface area (Å²) in [4.78, 5) is 22.9. The van der Waals surface area contributed by atoms with Gasteiger partial charge in [-0.15, -0.1) is 0 Å². The van der Waals surface area contributed by atoms with E-state index in [1.54, 1.807) is 20.8 Å². The fraction of sp³-hybridized carbons (Fsp3) is 0.385. The number of anilines is 1. The second kappa shape index (κ2) is 5.60. The Labute approximate surface area is 111 Å². The van der Waals surface area contributed by atoms with E-state index in [1.165, 1.54) is 25.2 Å².